The molecule has 196 valence electrons. The first-order valence-electron chi connectivity index (χ1n) is 12.7. The van der Waals surface area contributed by atoms with E-state index in [1.54, 1.807) is 23.5 Å². The number of hydrogen-bond acceptors (Lipinski definition) is 10. The summed E-state index contributed by atoms with van der Waals surface area (Å²) in [7, 11) is 4.27. The van der Waals surface area contributed by atoms with Crippen LogP contribution < -0.4 is 9.80 Å². The van der Waals surface area contributed by atoms with Gasteiger partial charge in [0.05, 0.1) is 11.4 Å². The average molecular weight is 537 g/mol. The molecule has 0 saturated heterocycles. The van der Waals surface area contributed by atoms with Crippen molar-refractivity contribution in [2.45, 2.75) is 31.3 Å². The lowest BCUT2D eigenvalue weighted by Crippen LogP contribution is -2.25. The molecule has 10 heteroatoms. The van der Waals surface area contributed by atoms with Crippen molar-refractivity contribution in [2.24, 2.45) is 20.5 Å². The van der Waals surface area contributed by atoms with Gasteiger partial charge in [0.15, 0.2) is 11.0 Å². The van der Waals surface area contributed by atoms with Gasteiger partial charge in [-0.25, -0.2) is 0 Å². The molecule has 2 atom stereocenters. The van der Waals surface area contributed by atoms with Gasteiger partial charge in [-0.1, -0.05) is 23.5 Å². The highest BCUT2D eigenvalue weighted by Gasteiger charge is 2.18. The highest BCUT2D eigenvalue weighted by molar-refractivity contribution is 8.03. The molecule has 2 aromatic rings. The third-order valence-electron chi connectivity index (χ3n) is 6.31. The molecule has 4 rings (SSSR count). The van der Waals surface area contributed by atoms with E-state index in [1.165, 1.54) is 11.4 Å². The first-order valence-corrected chi connectivity index (χ1v) is 14.6. The van der Waals surface area contributed by atoms with Crippen molar-refractivity contribution in [1.29, 1.82) is 0 Å². The lowest BCUT2D eigenvalue weighted by atomic mass is 10.2. The molecule has 0 N–H and O–H groups in total. The Morgan fingerprint density at radius 2 is 1.08 bits per heavy atom. The largest absolute Gasteiger partial charge is 0.375 e. The molecule has 0 radical (unpaired) electrons. The Morgan fingerprint density at radius 3 is 1.46 bits per heavy atom. The van der Waals surface area contributed by atoms with Crippen LogP contribution in [0.1, 0.15) is 20.3 Å². The molecule has 0 aliphatic carbocycles. The number of benzene rings is 2. The van der Waals surface area contributed by atoms with Gasteiger partial charge in [-0.05, 0) is 79.6 Å². The van der Waals surface area contributed by atoms with E-state index < -0.39 is 0 Å². The fourth-order valence-corrected chi connectivity index (χ4v) is 5.65. The second-order valence-electron chi connectivity index (χ2n) is 8.82. The normalized spacial score (nSPS) is 19.1. The Hall–Kier alpha value is -2.98. The summed E-state index contributed by atoms with van der Waals surface area (Å²) in [6.45, 7) is 8.04. The predicted molar refractivity (Wildman–Crippen MR) is 159 cm³/mol. The molecule has 0 bridgehead atoms. The first-order chi connectivity index (χ1) is 18.1. The van der Waals surface area contributed by atoms with Crippen molar-refractivity contribution in [3.8, 4) is 0 Å². The molecule has 2 aliphatic heterocycles. The minimum atomic E-state index is 0.0465. The molecule has 0 saturated carbocycles. The summed E-state index contributed by atoms with van der Waals surface area (Å²) in [6.07, 6.45) is 5.19. The van der Waals surface area contributed by atoms with Crippen LogP contribution in [0.25, 0.3) is 0 Å². The third-order valence-corrected chi connectivity index (χ3v) is 8.09. The fraction of sp³-hybridized carbons (Fsp3) is 0.407. The van der Waals surface area contributed by atoms with Crippen molar-refractivity contribution >= 4 is 46.3 Å². The van der Waals surface area contributed by atoms with E-state index in [-0.39, 0.29) is 11.0 Å². The summed E-state index contributed by atoms with van der Waals surface area (Å²) in [6, 6.07) is 16.6. The minimum absolute atomic E-state index is 0.0465. The highest BCUT2D eigenvalue weighted by atomic mass is 32.2. The van der Waals surface area contributed by atoms with Crippen LogP contribution in [0.5, 0.6) is 0 Å². The van der Waals surface area contributed by atoms with Gasteiger partial charge in [0.2, 0.25) is 0 Å². The van der Waals surface area contributed by atoms with Crippen LogP contribution in [0.3, 0.4) is 0 Å². The van der Waals surface area contributed by atoms with E-state index in [9.17, 15) is 0 Å². The van der Waals surface area contributed by atoms with Crippen molar-refractivity contribution in [2.75, 3.05) is 50.1 Å². The topological polar surface area (TPSA) is 62.4 Å². The van der Waals surface area contributed by atoms with Crippen LogP contribution in [0.15, 0.2) is 92.2 Å². The molecule has 2 aromatic carbocycles. The van der Waals surface area contributed by atoms with E-state index in [0.29, 0.717) is 0 Å². The molecule has 0 aromatic heterocycles. The second kappa shape index (κ2) is 13.5. The first kappa shape index (κ1) is 27.1. The van der Waals surface area contributed by atoms with Crippen molar-refractivity contribution in [3.63, 3.8) is 0 Å². The average Bonchev–Trinajstić information content (AvgIpc) is 3.60. The Bertz CT molecular complexity index is 1010. The predicted octanol–water partition coefficient (Wildman–Crippen LogP) is 7.46. The van der Waals surface area contributed by atoms with E-state index >= 15 is 0 Å². The van der Waals surface area contributed by atoms with Crippen molar-refractivity contribution in [1.82, 2.24) is 9.80 Å². The van der Waals surface area contributed by atoms with E-state index in [2.05, 4.69) is 115 Å². The van der Waals surface area contributed by atoms with E-state index in [0.717, 1.165) is 44.0 Å². The van der Waals surface area contributed by atoms with Crippen molar-refractivity contribution in [3.05, 3.63) is 71.7 Å². The van der Waals surface area contributed by atoms with Crippen LogP contribution in [0.4, 0.5) is 22.7 Å². The van der Waals surface area contributed by atoms with Crippen LogP contribution in [-0.4, -0.2) is 61.1 Å². The van der Waals surface area contributed by atoms with Gasteiger partial charge in [0.25, 0.3) is 0 Å². The maximum absolute atomic E-state index is 4.47. The summed E-state index contributed by atoms with van der Waals surface area (Å²) in [4.78, 5) is 8.90. The van der Waals surface area contributed by atoms with E-state index in [1.807, 2.05) is 24.3 Å². The number of nitrogens with zero attached hydrogens (tertiary/aromatic N) is 8. The molecule has 0 fully saturated rings. The summed E-state index contributed by atoms with van der Waals surface area (Å²) >= 11 is 3.36. The van der Waals surface area contributed by atoms with Gasteiger partial charge in [-0.3, -0.25) is 0 Å². The van der Waals surface area contributed by atoms with Crippen LogP contribution in [-0.2, 0) is 0 Å². The van der Waals surface area contributed by atoms with Crippen LogP contribution >= 0.6 is 23.5 Å². The van der Waals surface area contributed by atoms with Gasteiger partial charge >= 0.3 is 0 Å². The quantitative estimate of drug-likeness (QED) is 0.262. The van der Waals surface area contributed by atoms with Crippen LogP contribution in [0.2, 0.25) is 0 Å². The SMILES string of the molecule is CCN1C=CSC1N=Nc1ccc(N(C)CCCN(C)c2ccc(N=NC3SC=CN3CC)cc2)cc1. The number of anilines is 2. The lowest BCUT2D eigenvalue weighted by Gasteiger charge is -2.23. The highest BCUT2D eigenvalue weighted by Crippen LogP contribution is 2.29. The molecular weight excluding hydrogens is 500 g/mol. The van der Waals surface area contributed by atoms with Crippen LogP contribution in [0, 0.1) is 0 Å². The Labute approximate surface area is 229 Å². The zero-order chi connectivity index (χ0) is 26.0. The maximum Gasteiger partial charge on any atom is 0.193 e. The number of azo groups is 2. The maximum atomic E-state index is 4.47. The molecule has 0 amide bonds. The summed E-state index contributed by atoms with van der Waals surface area (Å²) in [5, 5.41) is 21.9. The molecule has 0 spiro atoms. The third kappa shape index (κ3) is 7.52. The Balaban J connectivity index is 1.20. The number of thioether (sulfide) groups is 2. The standard InChI is InChI=1S/C27H36N8S2/c1-5-34-18-20-36-26(34)30-28-22-8-12-24(13-9-22)32(3)16-7-17-33(4)25-14-10-23(11-15-25)29-31-27-35(6-2)19-21-37-27/h8-15,18-21,26-27H,5-7,16-17H2,1-4H3. The molecule has 2 aliphatic rings. The van der Waals surface area contributed by atoms with Gasteiger partial charge in [0.1, 0.15) is 0 Å². The zero-order valence-electron chi connectivity index (χ0n) is 22.0. The minimum Gasteiger partial charge on any atom is -0.375 e. The molecule has 2 unspecified atom stereocenters. The smallest absolute Gasteiger partial charge is 0.193 e. The van der Waals surface area contributed by atoms with Crippen molar-refractivity contribution < 1.29 is 0 Å². The monoisotopic (exact) mass is 536 g/mol. The summed E-state index contributed by atoms with van der Waals surface area (Å²) in [5.41, 5.74) is 4.21. The van der Waals surface area contributed by atoms with Gasteiger partial charge in [-0.2, -0.15) is 20.5 Å². The second-order valence-corrected chi connectivity index (χ2v) is 10.7. The molecule has 37 heavy (non-hydrogen) atoms. The lowest BCUT2D eigenvalue weighted by molar-refractivity contribution is 0.380. The molecular formula is C27H36N8S2. The van der Waals surface area contributed by atoms with E-state index in [4.69, 9.17) is 0 Å². The summed E-state index contributed by atoms with van der Waals surface area (Å²) in [5.74, 6) is 0. The number of rotatable bonds is 12. The molecule has 8 nitrogen and oxygen atoms in total. The summed E-state index contributed by atoms with van der Waals surface area (Å²) < 4.78 is 0. The van der Waals surface area contributed by atoms with Gasteiger partial charge < -0.3 is 19.6 Å². The van der Waals surface area contributed by atoms with Gasteiger partial charge in [-0.15, -0.1) is 0 Å². The Kier molecular flexibility index (Phi) is 9.90. The molecule has 2 heterocycles. The number of hydrogen-bond donors (Lipinski definition) is 0. The zero-order valence-corrected chi connectivity index (χ0v) is 23.6. The Morgan fingerprint density at radius 1 is 0.676 bits per heavy atom. The fourth-order valence-electron chi connectivity index (χ4n) is 3.96. The van der Waals surface area contributed by atoms with Gasteiger partial charge in [0, 0.05) is 64.0 Å².